The lowest BCUT2D eigenvalue weighted by Gasteiger charge is -2.15. The number of imidazole rings is 1. The SMILES string of the molecule is CCOC(OCC)c1nc2ccccn2c1/C=C1\NC(=O)NC1=O. The summed E-state index contributed by atoms with van der Waals surface area (Å²) in [4.78, 5) is 27.7. The van der Waals surface area contributed by atoms with Crippen molar-refractivity contribution in [1.82, 2.24) is 20.0 Å². The Labute approximate surface area is 138 Å². The van der Waals surface area contributed by atoms with E-state index in [-0.39, 0.29) is 5.70 Å². The first-order valence-electron chi connectivity index (χ1n) is 7.68. The molecule has 0 atom stereocenters. The minimum atomic E-state index is -0.660. The minimum Gasteiger partial charge on any atom is -0.347 e. The second-order valence-electron chi connectivity index (χ2n) is 5.02. The number of aromatic nitrogens is 2. The molecule has 0 unspecified atom stereocenters. The number of urea groups is 1. The molecule has 2 aromatic heterocycles. The monoisotopic (exact) mass is 330 g/mol. The molecular formula is C16H18N4O4. The van der Waals surface area contributed by atoms with E-state index >= 15 is 0 Å². The Morgan fingerprint density at radius 1 is 1.21 bits per heavy atom. The molecule has 0 aliphatic carbocycles. The van der Waals surface area contributed by atoms with Crippen LogP contribution in [0, 0.1) is 0 Å². The van der Waals surface area contributed by atoms with E-state index in [4.69, 9.17) is 9.47 Å². The molecule has 1 aliphatic rings. The summed E-state index contributed by atoms with van der Waals surface area (Å²) in [5, 5.41) is 4.65. The lowest BCUT2D eigenvalue weighted by atomic mass is 10.2. The van der Waals surface area contributed by atoms with Crippen molar-refractivity contribution in [1.29, 1.82) is 0 Å². The number of imide groups is 1. The van der Waals surface area contributed by atoms with Crippen LogP contribution in [0.2, 0.25) is 0 Å². The third-order valence-electron chi connectivity index (χ3n) is 3.46. The Kier molecular flexibility index (Phi) is 4.59. The van der Waals surface area contributed by atoms with Gasteiger partial charge in [0.1, 0.15) is 17.0 Å². The zero-order valence-corrected chi connectivity index (χ0v) is 13.4. The molecule has 126 valence electrons. The lowest BCUT2D eigenvalue weighted by molar-refractivity contribution is -0.142. The van der Waals surface area contributed by atoms with Crippen LogP contribution in [0.4, 0.5) is 4.79 Å². The molecule has 24 heavy (non-hydrogen) atoms. The van der Waals surface area contributed by atoms with Crippen LogP contribution in [0.5, 0.6) is 0 Å². The summed E-state index contributed by atoms with van der Waals surface area (Å²) in [5.41, 5.74) is 2.00. The zero-order valence-electron chi connectivity index (χ0n) is 13.4. The van der Waals surface area contributed by atoms with Gasteiger partial charge in [0.15, 0.2) is 0 Å². The van der Waals surface area contributed by atoms with Crippen LogP contribution in [0.25, 0.3) is 11.7 Å². The van der Waals surface area contributed by atoms with Gasteiger partial charge in [-0.05, 0) is 32.1 Å². The van der Waals surface area contributed by atoms with E-state index in [9.17, 15) is 9.59 Å². The Morgan fingerprint density at radius 2 is 1.96 bits per heavy atom. The molecule has 0 spiro atoms. The maximum Gasteiger partial charge on any atom is 0.326 e. The topological polar surface area (TPSA) is 94.0 Å². The predicted octanol–water partition coefficient (Wildman–Crippen LogP) is 1.59. The van der Waals surface area contributed by atoms with Gasteiger partial charge in [-0.25, -0.2) is 9.78 Å². The molecule has 1 fully saturated rings. The van der Waals surface area contributed by atoms with Crippen molar-refractivity contribution in [3.63, 3.8) is 0 Å². The van der Waals surface area contributed by atoms with E-state index in [1.807, 2.05) is 42.6 Å². The number of ether oxygens (including phenoxy) is 2. The van der Waals surface area contributed by atoms with E-state index in [1.165, 1.54) is 0 Å². The van der Waals surface area contributed by atoms with Gasteiger partial charge in [-0.2, -0.15) is 0 Å². The van der Waals surface area contributed by atoms with Gasteiger partial charge in [-0.1, -0.05) is 6.07 Å². The summed E-state index contributed by atoms with van der Waals surface area (Å²) in [6.45, 7) is 4.63. The van der Waals surface area contributed by atoms with Crippen molar-refractivity contribution in [3.8, 4) is 0 Å². The van der Waals surface area contributed by atoms with Gasteiger partial charge in [-0.3, -0.25) is 14.5 Å². The molecule has 8 nitrogen and oxygen atoms in total. The van der Waals surface area contributed by atoms with Gasteiger partial charge in [-0.15, -0.1) is 0 Å². The molecule has 2 aromatic rings. The van der Waals surface area contributed by atoms with Crippen LogP contribution in [-0.2, 0) is 14.3 Å². The summed E-state index contributed by atoms with van der Waals surface area (Å²) in [6, 6.07) is 5.01. The fourth-order valence-corrected chi connectivity index (χ4v) is 2.48. The number of nitrogens with zero attached hydrogens (tertiary/aromatic N) is 2. The fourth-order valence-electron chi connectivity index (χ4n) is 2.48. The number of carbonyl (C=O) groups excluding carboxylic acids is 2. The third kappa shape index (κ3) is 3.01. The molecule has 0 aromatic carbocycles. The van der Waals surface area contributed by atoms with Gasteiger partial charge in [0.2, 0.25) is 6.29 Å². The molecular weight excluding hydrogens is 312 g/mol. The summed E-state index contributed by atoms with van der Waals surface area (Å²) in [6.07, 6.45) is 2.73. The average Bonchev–Trinajstić information content (AvgIpc) is 3.08. The smallest absolute Gasteiger partial charge is 0.326 e. The number of fused-ring (bicyclic) bond motifs is 1. The van der Waals surface area contributed by atoms with E-state index < -0.39 is 18.2 Å². The Bertz CT molecular complexity index is 806. The van der Waals surface area contributed by atoms with Crippen LogP contribution in [0.3, 0.4) is 0 Å². The molecule has 1 saturated heterocycles. The second-order valence-corrected chi connectivity index (χ2v) is 5.02. The first kappa shape index (κ1) is 16.2. The number of carbonyl (C=O) groups is 2. The van der Waals surface area contributed by atoms with Crippen molar-refractivity contribution in [2.24, 2.45) is 0 Å². The number of hydrogen-bond acceptors (Lipinski definition) is 5. The van der Waals surface area contributed by atoms with Crippen LogP contribution in [0.1, 0.15) is 31.5 Å². The zero-order chi connectivity index (χ0) is 17.1. The maximum atomic E-state index is 11.8. The molecule has 8 heteroatoms. The second kappa shape index (κ2) is 6.81. The number of hydrogen-bond donors (Lipinski definition) is 2. The molecule has 3 rings (SSSR count). The number of rotatable bonds is 6. The highest BCUT2D eigenvalue weighted by atomic mass is 16.7. The van der Waals surface area contributed by atoms with Crippen molar-refractivity contribution < 1.29 is 19.1 Å². The quantitative estimate of drug-likeness (QED) is 0.476. The highest BCUT2D eigenvalue weighted by molar-refractivity contribution is 6.14. The van der Waals surface area contributed by atoms with Crippen molar-refractivity contribution in [2.75, 3.05) is 13.2 Å². The number of amides is 3. The molecule has 0 bridgehead atoms. The molecule has 0 radical (unpaired) electrons. The van der Waals surface area contributed by atoms with Gasteiger partial charge in [0.05, 0.1) is 5.69 Å². The Hall–Kier alpha value is -2.71. The first-order chi connectivity index (χ1) is 11.6. The van der Waals surface area contributed by atoms with E-state index in [0.717, 1.165) is 0 Å². The van der Waals surface area contributed by atoms with Crippen LogP contribution < -0.4 is 10.6 Å². The van der Waals surface area contributed by atoms with Crippen molar-refractivity contribution in [3.05, 3.63) is 41.5 Å². The molecule has 1 aliphatic heterocycles. The van der Waals surface area contributed by atoms with Crippen LogP contribution >= 0.6 is 0 Å². The van der Waals surface area contributed by atoms with E-state index in [1.54, 1.807) is 6.08 Å². The molecule has 3 heterocycles. The van der Waals surface area contributed by atoms with E-state index in [2.05, 4.69) is 15.6 Å². The van der Waals surface area contributed by atoms with Gasteiger partial charge < -0.3 is 14.8 Å². The standard InChI is InChI=1S/C16H18N4O4/c1-3-23-15(24-4-2)13-11(9-10-14(21)19-16(22)17-10)20-8-6-5-7-12(20)18-13/h5-9,15H,3-4H2,1-2H3,(H2,17,19,21,22)/b10-9-. The number of pyridine rings is 1. The first-order valence-corrected chi connectivity index (χ1v) is 7.68. The van der Waals surface area contributed by atoms with Gasteiger partial charge >= 0.3 is 6.03 Å². The van der Waals surface area contributed by atoms with E-state index in [0.29, 0.717) is 30.2 Å². The average molecular weight is 330 g/mol. The predicted molar refractivity (Wildman–Crippen MR) is 85.8 cm³/mol. The molecule has 3 amide bonds. The fraction of sp³-hybridized carbons (Fsp3) is 0.312. The van der Waals surface area contributed by atoms with Crippen LogP contribution in [-0.4, -0.2) is 34.5 Å². The largest absolute Gasteiger partial charge is 0.347 e. The third-order valence-corrected chi connectivity index (χ3v) is 3.46. The molecule has 2 N–H and O–H groups in total. The Morgan fingerprint density at radius 3 is 2.58 bits per heavy atom. The van der Waals surface area contributed by atoms with Crippen molar-refractivity contribution >= 4 is 23.7 Å². The van der Waals surface area contributed by atoms with Crippen molar-refractivity contribution in [2.45, 2.75) is 20.1 Å². The van der Waals surface area contributed by atoms with Gasteiger partial charge in [0.25, 0.3) is 5.91 Å². The normalized spacial score (nSPS) is 16.2. The Balaban J connectivity index is 2.13. The number of nitrogens with one attached hydrogen (secondary N) is 2. The summed E-state index contributed by atoms with van der Waals surface area (Å²) < 4.78 is 13.1. The van der Waals surface area contributed by atoms with Gasteiger partial charge in [0, 0.05) is 19.4 Å². The summed E-state index contributed by atoms with van der Waals surface area (Å²) >= 11 is 0. The maximum absolute atomic E-state index is 11.8. The lowest BCUT2D eigenvalue weighted by Crippen LogP contribution is -2.22. The highest BCUT2D eigenvalue weighted by Gasteiger charge is 2.26. The molecule has 0 saturated carbocycles. The highest BCUT2D eigenvalue weighted by Crippen LogP contribution is 2.26. The minimum absolute atomic E-state index is 0.152. The summed E-state index contributed by atoms with van der Waals surface area (Å²) in [7, 11) is 0. The van der Waals surface area contributed by atoms with Crippen LogP contribution in [0.15, 0.2) is 30.1 Å². The summed E-state index contributed by atoms with van der Waals surface area (Å²) in [5.74, 6) is -0.485.